The van der Waals surface area contributed by atoms with E-state index in [1.807, 2.05) is 60.1 Å². The minimum Gasteiger partial charge on any atom is -0.454 e. The molecule has 2 nitrogen and oxygen atoms in total. The first-order valence-electron chi connectivity index (χ1n) is 7.91. The van der Waals surface area contributed by atoms with E-state index in [-0.39, 0.29) is 5.69 Å². The molecule has 4 aromatic rings. The molecule has 0 bridgehead atoms. The summed E-state index contributed by atoms with van der Waals surface area (Å²) in [5, 5.41) is 1.84. The van der Waals surface area contributed by atoms with Crippen molar-refractivity contribution < 1.29 is 17.6 Å². The Labute approximate surface area is 161 Å². The topological polar surface area (TPSA) is 16.4 Å². The van der Waals surface area contributed by atoms with Gasteiger partial charge in [0.25, 0.3) is 0 Å². The quantitative estimate of drug-likeness (QED) is 0.226. The number of alkyl halides is 3. The van der Waals surface area contributed by atoms with E-state index in [1.54, 1.807) is 12.1 Å². The maximum absolute atomic E-state index is 13.4. The fourth-order valence-corrected chi connectivity index (χ4v) is 3.92. The summed E-state index contributed by atoms with van der Waals surface area (Å²) in [7, 11) is 0. The molecule has 0 saturated heterocycles. The van der Waals surface area contributed by atoms with Gasteiger partial charge < -0.3 is 4.42 Å². The summed E-state index contributed by atoms with van der Waals surface area (Å²) in [6, 6.07) is 16.9. The lowest BCUT2D eigenvalue weighted by atomic mass is 10.1. The molecule has 3 aromatic carbocycles. The van der Waals surface area contributed by atoms with Crippen molar-refractivity contribution in [3.63, 3.8) is 0 Å². The summed E-state index contributed by atoms with van der Waals surface area (Å²) < 4.78 is 47.8. The van der Waals surface area contributed by atoms with Crippen LogP contribution >= 0.6 is 22.9 Å². The minimum atomic E-state index is -4.43. The zero-order valence-electron chi connectivity index (χ0n) is 13.6. The third-order valence-corrected chi connectivity index (χ3v) is 5.37. The lowest BCUT2D eigenvalue weighted by molar-refractivity contribution is -0.137. The Bertz CT molecular complexity index is 1120. The van der Waals surface area contributed by atoms with Gasteiger partial charge in [-0.3, -0.25) is 3.11 Å². The van der Waals surface area contributed by atoms with Crippen molar-refractivity contribution in [1.29, 1.82) is 0 Å². The van der Waals surface area contributed by atoms with Gasteiger partial charge in [-0.2, -0.15) is 13.2 Å². The van der Waals surface area contributed by atoms with Crippen molar-refractivity contribution in [1.82, 2.24) is 0 Å². The van der Waals surface area contributed by atoms with E-state index in [1.165, 1.54) is 15.2 Å². The van der Waals surface area contributed by atoms with Crippen LogP contribution in [0.5, 0.6) is 0 Å². The minimum absolute atomic E-state index is 0.0743. The molecular formula is C20H13F3INO. The molecule has 0 aliphatic carbocycles. The van der Waals surface area contributed by atoms with Crippen LogP contribution in [0.25, 0.3) is 21.9 Å². The molecule has 0 saturated carbocycles. The number of halogens is 4. The number of anilines is 2. The maximum Gasteiger partial charge on any atom is 0.418 e. The van der Waals surface area contributed by atoms with Gasteiger partial charge in [0.15, 0.2) is 5.58 Å². The number of benzene rings is 3. The van der Waals surface area contributed by atoms with Gasteiger partial charge in [-0.05, 0) is 30.7 Å². The second-order valence-corrected chi connectivity index (χ2v) is 6.97. The highest BCUT2D eigenvalue weighted by Gasteiger charge is 2.35. The molecule has 1 aromatic heterocycles. The number of fused-ring (bicyclic) bond motifs is 3. The molecule has 0 radical (unpaired) electrons. The molecule has 0 fully saturated rings. The molecule has 0 aliphatic heterocycles. The van der Waals surface area contributed by atoms with Gasteiger partial charge in [0, 0.05) is 10.8 Å². The second-order valence-electron chi connectivity index (χ2n) is 6.00. The highest BCUT2D eigenvalue weighted by atomic mass is 127. The fourth-order valence-electron chi connectivity index (χ4n) is 3.12. The Balaban J connectivity index is 1.96. The average molecular weight is 467 g/mol. The summed E-state index contributed by atoms with van der Waals surface area (Å²) >= 11 is 1.89. The zero-order chi connectivity index (χ0) is 18.5. The van der Waals surface area contributed by atoms with Crippen molar-refractivity contribution in [2.45, 2.75) is 13.1 Å². The van der Waals surface area contributed by atoms with Crippen molar-refractivity contribution in [2.75, 3.05) is 3.11 Å². The van der Waals surface area contributed by atoms with Crippen molar-refractivity contribution in [3.8, 4) is 0 Å². The third kappa shape index (κ3) is 2.72. The van der Waals surface area contributed by atoms with Gasteiger partial charge in [-0.15, -0.1) is 0 Å². The molecule has 6 heteroatoms. The first kappa shape index (κ1) is 17.2. The van der Waals surface area contributed by atoms with Crippen LogP contribution in [0.2, 0.25) is 0 Å². The first-order chi connectivity index (χ1) is 12.4. The number of hydrogen-bond acceptors (Lipinski definition) is 2. The van der Waals surface area contributed by atoms with E-state index in [9.17, 15) is 13.2 Å². The SMILES string of the molecule is Cc1cccc2c1oc1c(N(I)c3ccccc3C(F)(F)F)cccc12. The predicted molar refractivity (Wildman–Crippen MR) is 106 cm³/mol. The van der Waals surface area contributed by atoms with Crippen LogP contribution in [0.3, 0.4) is 0 Å². The molecule has 132 valence electrons. The van der Waals surface area contributed by atoms with Crippen LogP contribution in [0.4, 0.5) is 24.5 Å². The van der Waals surface area contributed by atoms with Gasteiger partial charge >= 0.3 is 6.18 Å². The maximum atomic E-state index is 13.4. The smallest absolute Gasteiger partial charge is 0.418 e. The number of nitrogens with zero attached hydrogens (tertiary/aromatic N) is 1. The summed E-state index contributed by atoms with van der Waals surface area (Å²) in [6.07, 6.45) is -4.43. The van der Waals surface area contributed by atoms with E-state index in [2.05, 4.69) is 0 Å². The van der Waals surface area contributed by atoms with Crippen molar-refractivity contribution >= 4 is 56.2 Å². The van der Waals surface area contributed by atoms with Crippen molar-refractivity contribution in [3.05, 3.63) is 71.8 Å². The molecule has 0 N–H and O–H groups in total. The number of aryl methyl sites for hydroxylation is 1. The Kier molecular flexibility index (Phi) is 4.10. The highest BCUT2D eigenvalue weighted by Crippen LogP contribution is 2.44. The Morgan fingerprint density at radius 1 is 0.808 bits per heavy atom. The van der Waals surface area contributed by atoms with E-state index < -0.39 is 11.7 Å². The second kappa shape index (κ2) is 6.19. The molecule has 0 unspecified atom stereocenters. The van der Waals surface area contributed by atoms with E-state index in [0.717, 1.165) is 28.0 Å². The normalized spacial score (nSPS) is 12.0. The number of hydrogen-bond donors (Lipinski definition) is 0. The van der Waals surface area contributed by atoms with Gasteiger partial charge in [-0.25, -0.2) is 0 Å². The van der Waals surface area contributed by atoms with E-state index in [0.29, 0.717) is 11.3 Å². The Hall–Kier alpha value is -2.22. The molecule has 0 atom stereocenters. The standard InChI is InChI=1S/C20H13F3INO/c1-12-6-4-7-13-14-8-5-11-17(19(14)26-18(12)13)25(24)16-10-3-2-9-15(16)20(21,22)23/h2-11H,1H3. The number of para-hydroxylation sites is 3. The molecule has 0 spiro atoms. The Morgan fingerprint density at radius 2 is 1.42 bits per heavy atom. The lowest BCUT2D eigenvalue weighted by Gasteiger charge is -2.21. The fraction of sp³-hybridized carbons (Fsp3) is 0.100. The van der Waals surface area contributed by atoms with Crippen LogP contribution in [0.15, 0.2) is 65.1 Å². The van der Waals surface area contributed by atoms with Crippen LogP contribution in [-0.4, -0.2) is 0 Å². The molecule has 0 amide bonds. The molecular weight excluding hydrogens is 454 g/mol. The highest BCUT2D eigenvalue weighted by molar-refractivity contribution is 14.1. The largest absolute Gasteiger partial charge is 0.454 e. The molecule has 1 heterocycles. The lowest BCUT2D eigenvalue weighted by Crippen LogP contribution is -2.12. The summed E-state index contributed by atoms with van der Waals surface area (Å²) in [5.41, 5.74) is 2.28. The zero-order valence-corrected chi connectivity index (χ0v) is 15.8. The number of rotatable bonds is 2. The average Bonchev–Trinajstić information content (AvgIpc) is 3.01. The van der Waals surface area contributed by atoms with Gasteiger partial charge in [-0.1, -0.05) is 42.5 Å². The van der Waals surface area contributed by atoms with Crippen LogP contribution in [-0.2, 0) is 6.18 Å². The molecule has 0 aliphatic rings. The van der Waals surface area contributed by atoms with Gasteiger partial charge in [0.2, 0.25) is 0 Å². The third-order valence-electron chi connectivity index (χ3n) is 4.33. The summed E-state index contributed by atoms with van der Waals surface area (Å²) in [4.78, 5) is 0. The molecule has 26 heavy (non-hydrogen) atoms. The monoisotopic (exact) mass is 467 g/mol. The molecule has 4 rings (SSSR count). The number of furan rings is 1. The van der Waals surface area contributed by atoms with E-state index >= 15 is 0 Å². The van der Waals surface area contributed by atoms with E-state index in [4.69, 9.17) is 4.42 Å². The van der Waals surface area contributed by atoms with Gasteiger partial charge in [0.05, 0.1) is 39.8 Å². The van der Waals surface area contributed by atoms with Crippen LogP contribution < -0.4 is 3.11 Å². The van der Waals surface area contributed by atoms with Gasteiger partial charge in [0.1, 0.15) is 5.58 Å². The summed E-state index contributed by atoms with van der Waals surface area (Å²) in [6.45, 7) is 1.95. The van der Waals surface area contributed by atoms with Crippen LogP contribution in [0, 0.1) is 6.92 Å². The van der Waals surface area contributed by atoms with Crippen LogP contribution in [0.1, 0.15) is 11.1 Å². The summed E-state index contributed by atoms with van der Waals surface area (Å²) in [5.74, 6) is 0. The van der Waals surface area contributed by atoms with Crippen molar-refractivity contribution in [2.24, 2.45) is 0 Å². The first-order valence-corrected chi connectivity index (χ1v) is 8.87. The Morgan fingerprint density at radius 3 is 2.15 bits per heavy atom. The predicted octanol–water partition coefficient (Wildman–Crippen LogP) is 7.40.